The van der Waals surface area contributed by atoms with Crippen LogP contribution in [0.5, 0.6) is 0 Å². The Kier molecular flexibility index (Phi) is 2.65. The standard InChI is InChI=1S/C8H14O3/c1-5(2)8(11-10)7(9)6-3-4-6/h6-10H,1,3-4H2,2H3/t7-,8-/m0/s1. The minimum absolute atomic E-state index is 0.295. The van der Waals surface area contributed by atoms with Gasteiger partial charge in [0.25, 0.3) is 0 Å². The molecule has 1 saturated carbocycles. The minimum atomic E-state index is -0.609. The van der Waals surface area contributed by atoms with Crippen molar-refractivity contribution in [2.24, 2.45) is 5.92 Å². The zero-order chi connectivity index (χ0) is 8.43. The van der Waals surface area contributed by atoms with Gasteiger partial charge in [-0.3, -0.25) is 5.26 Å². The van der Waals surface area contributed by atoms with E-state index in [1.807, 2.05) is 0 Å². The van der Waals surface area contributed by atoms with E-state index < -0.39 is 12.2 Å². The fraction of sp³-hybridized carbons (Fsp3) is 0.750. The van der Waals surface area contributed by atoms with Crippen LogP contribution in [0.4, 0.5) is 0 Å². The molecule has 0 spiro atoms. The van der Waals surface area contributed by atoms with Crippen LogP contribution in [-0.4, -0.2) is 22.6 Å². The van der Waals surface area contributed by atoms with Crippen molar-refractivity contribution in [2.45, 2.75) is 32.0 Å². The molecule has 0 amide bonds. The molecule has 1 aliphatic carbocycles. The van der Waals surface area contributed by atoms with Crippen molar-refractivity contribution in [2.75, 3.05) is 0 Å². The van der Waals surface area contributed by atoms with Gasteiger partial charge in [0, 0.05) is 0 Å². The Labute approximate surface area is 66.2 Å². The highest BCUT2D eigenvalue weighted by molar-refractivity contribution is 5.04. The first-order valence-electron chi connectivity index (χ1n) is 3.80. The predicted molar refractivity (Wildman–Crippen MR) is 41.0 cm³/mol. The molecule has 0 radical (unpaired) electrons. The number of rotatable bonds is 4. The van der Waals surface area contributed by atoms with Gasteiger partial charge in [-0.1, -0.05) is 6.58 Å². The van der Waals surface area contributed by atoms with Gasteiger partial charge in [0.1, 0.15) is 6.10 Å². The van der Waals surface area contributed by atoms with Crippen LogP contribution in [0.3, 0.4) is 0 Å². The molecule has 0 unspecified atom stereocenters. The molecule has 11 heavy (non-hydrogen) atoms. The molecule has 3 nitrogen and oxygen atoms in total. The van der Waals surface area contributed by atoms with Gasteiger partial charge in [-0.25, -0.2) is 4.89 Å². The number of hydrogen-bond donors (Lipinski definition) is 2. The van der Waals surface area contributed by atoms with Gasteiger partial charge in [0.15, 0.2) is 0 Å². The van der Waals surface area contributed by atoms with E-state index in [4.69, 9.17) is 5.26 Å². The second-order valence-electron chi connectivity index (χ2n) is 3.20. The van der Waals surface area contributed by atoms with Crippen LogP contribution in [0.25, 0.3) is 0 Å². The number of aliphatic hydroxyl groups excluding tert-OH is 1. The van der Waals surface area contributed by atoms with E-state index in [9.17, 15) is 5.11 Å². The smallest absolute Gasteiger partial charge is 0.139 e. The molecule has 0 aromatic rings. The lowest BCUT2D eigenvalue weighted by Crippen LogP contribution is -2.30. The van der Waals surface area contributed by atoms with E-state index in [2.05, 4.69) is 11.5 Å². The third kappa shape index (κ3) is 2.02. The van der Waals surface area contributed by atoms with Crippen molar-refractivity contribution in [3.05, 3.63) is 12.2 Å². The van der Waals surface area contributed by atoms with E-state index in [0.29, 0.717) is 11.5 Å². The lowest BCUT2D eigenvalue weighted by atomic mass is 10.0. The van der Waals surface area contributed by atoms with Crippen LogP contribution in [-0.2, 0) is 4.89 Å². The molecule has 1 fully saturated rings. The van der Waals surface area contributed by atoms with Crippen molar-refractivity contribution in [1.29, 1.82) is 0 Å². The van der Waals surface area contributed by atoms with Crippen molar-refractivity contribution < 1.29 is 15.3 Å². The van der Waals surface area contributed by atoms with Gasteiger partial charge < -0.3 is 5.11 Å². The molecule has 0 bridgehead atoms. The molecule has 1 aliphatic rings. The molecular formula is C8H14O3. The van der Waals surface area contributed by atoms with Gasteiger partial charge in [0.2, 0.25) is 0 Å². The largest absolute Gasteiger partial charge is 0.390 e. The Bertz CT molecular complexity index is 151. The highest BCUT2D eigenvalue weighted by atomic mass is 17.1. The van der Waals surface area contributed by atoms with Crippen molar-refractivity contribution in [1.82, 2.24) is 0 Å². The summed E-state index contributed by atoms with van der Waals surface area (Å²) in [5.74, 6) is 0.295. The Balaban J connectivity index is 2.45. The first-order valence-corrected chi connectivity index (χ1v) is 3.80. The fourth-order valence-corrected chi connectivity index (χ4v) is 1.13. The molecule has 2 N–H and O–H groups in total. The van der Waals surface area contributed by atoms with Gasteiger partial charge in [-0.2, -0.15) is 0 Å². The topological polar surface area (TPSA) is 49.7 Å². The van der Waals surface area contributed by atoms with E-state index in [1.54, 1.807) is 6.92 Å². The third-order valence-electron chi connectivity index (χ3n) is 2.01. The molecular weight excluding hydrogens is 144 g/mol. The SMILES string of the molecule is C=C(C)[C@H](OO)[C@@H](O)C1CC1. The predicted octanol–water partition coefficient (Wildman–Crippen LogP) is 1.19. The Morgan fingerprint density at radius 2 is 2.18 bits per heavy atom. The van der Waals surface area contributed by atoms with Gasteiger partial charge >= 0.3 is 0 Å². The maximum atomic E-state index is 9.47. The van der Waals surface area contributed by atoms with E-state index in [-0.39, 0.29) is 0 Å². The number of aliphatic hydroxyl groups is 1. The van der Waals surface area contributed by atoms with Gasteiger partial charge in [0.05, 0.1) is 6.10 Å². The molecule has 0 saturated heterocycles. The Morgan fingerprint density at radius 3 is 2.45 bits per heavy atom. The zero-order valence-corrected chi connectivity index (χ0v) is 6.66. The minimum Gasteiger partial charge on any atom is -0.390 e. The second-order valence-corrected chi connectivity index (χ2v) is 3.20. The van der Waals surface area contributed by atoms with Crippen LogP contribution in [0.1, 0.15) is 19.8 Å². The van der Waals surface area contributed by atoms with Crippen molar-refractivity contribution in [3.63, 3.8) is 0 Å². The van der Waals surface area contributed by atoms with Crippen LogP contribution in [0.15, 0.2) is 12.2 Å². The Hall–Kier alpha value is -0.380. The van der Waals surface area contributed by atoms with E-state index >= 15 is 0 Å². The molecule has 1 rings (SSSR count). The fourth-order valence-electron chi connectivity index (χ4n) is 1.13. The maximum Gasteiger partial charge on any atom is 0.139 e. The van der Waals surface area contributed by atoms with E-state index in [0.717, 1.165) is 12.8 Å². The highest BCUT2D eigenvalue weighted by Crippen LogP contribution is 2.35. The summed E-state index contributed by atoms with van der Waals surface area (Å²) in [5.41, 5.74) is 0.659. The summed E-state index contributed by atoms with van der Waals surface area (Å²) >= 11 is 0. The summed E-state index contributed by atoms with van der Waals surface area (Å²) in [5, 5.41) is 17.9. The van der Waals surface area contributed by atoms with Crippen molar-refractivity contribution >= 4 is 0 Å². The summed E-state index contributed by atoms with van der Waals surface area (Å²) in [6, 6.07) is 0. The summed E-state index contributed by atoms with van der Waals surface area (Å²) in [6.07, 6.45) is 0.850. The van der Waals surface area contributed by atoms with Crippen LogP contribution in [0.2, 0.25) is 0 Å². The maximum absolute atomic E-state index is 9.47. The van der Waals surface area contributed by atoms with E-state index in [1.165, 1.54) is 0 Å². The average Bonchev–Trinajstić information content (AvgIpc) is 2.68. The van der Waals surface area contributed by atoms with Crippen LogP contribution < -0.4 is 0 Å². The van der Waals surface area contributed by atoms with Gasteiger partial charge in [-0.15, -0.1) is 0 Å². The quantitative estimate of drug-likeness (QED) is 0.367. The summed E-state index contributed by atoms with van der Waals surface area (Å²) < 4.78 is 0. The number of hydrogen-bond acceptors (Lipinski definition) is 3. The summed E-state index contributed by atoms with van der Waals surface area (Å²) in [4.78, 5) is 4.13. The monoisotopic (exact) mass is 158 g/mol. The first kappa shape index (κ1) is 8.71. The van der Waals surface area contributed by atoms with Crippen LogP contribution in [0, 0.1) is 5.92 Å². The third-order valence-corrected chi connectivity index (χ3v) is 2.01. The van der Waals surface area contributed by atoms with Crippen molar-refractivity contribution in [3.8, 4) is 0 Å². The average molecular weight is 158 g/mol. The molecule has 0 aliphatic heterocycles. The van der Waals surface area contributed by atoms with Gasteiger partial charge in [-0.05, 0) is 31.3 Å². The molecule has 0 aromatic heterocycles. The lowest BCUT2D eigenvalue weighted by molar-refractivity contribution is -0.287. The Morgan fingerprint density at radius 1 is 1.64 bits per heavy atom. The zero-order valence-electron chi connectivity index (χ0n) is 6.66. The molecule has 0 heterocycles. The highest BCUT2D eigenvalue weighted by Gasteiger charge is 2.36. The molecule has 0 aromatic carbocycles. The molecule has 64 valence electrons. The summed E-state index contributed by atoms with van der Waals surface area (Å²) in [7, 11) is 0. The molecule has 3 heteroatoms. The molecule has 2 atom stereocenters. The van der Waals surface area contributed by atoms with Crippen LogP contribution >= 0.6 is 0 Å². The second kappa shape index (κ2) is 3.34. The summed E-state index contributed by atoms with van der Waals surface area (Å²) in [6.45, 7) is 5.34. The first-order chi connectivity index (χ1) is 5.16. The normalized spacial score (nSPS) is 22.8. The lowest BCUT2D eigenvalue weighted by Gasteiger charge is -2.19.